The number of carbonyl (C=O) groups excluding carboxylic acids is 1. The number of ether oxygens (including phenoxy) is 1. The molecule has 0 N–H and O–H groups in total. The molecule has 0 fully saturated rings. The number of hydrogen-bond donors (Lipinski definition) is 0. The van der Waals surface area contributed by atoms with Gasteiger partial charge in [-0.3, -0.25) is 0 Å². The van der Waals surface area contributed by atoms with Crippen molar-refractivity contribution in [1.82, 2.24) is 4.98 Å². The normalized spacial score (nSPS) is 11.2. The maximum Gasteiger partial charge on any atom is 0.330 e. The Kier molecular flexibility index (Phi) is 4.53. The molecule has 0 saturated carbocycles. The van der Waals surface area contributed by atoms with Gasteiger partial charge in [0.2, 0.25) is 0 Å². The number of aromatic nitrogens is 1. The van der Waals surface area contributed by atoms with Crippen molar-refractivity contribution in [3.8, 4) is 10.6 Å². The van der Waals surface area contributed by atoms with Gasteiger partial charge in [-0.15, -0.1) is 11.3 Å². The summed E-state index contributed by atoms with van der Waals surface area (Å²) in [4.78, 5) is 16.3. The molecule has 0 aliphatic heterocycles. The SMILES string of the molecule is CCOC(=O)/C=C/c1cccc(C)c1-c1nc2ccccc2s1. The van der Waals surface area contributed by atoms with Crippen molar-refractivity contribution in [3.63, 3.8) is 0 Å². The van der Waals surface area contributed by atoms with Crippen molar-refractivity contribution in [2.45, 2.75) is 13.8 Å². The third kappa shape index (κ3) is 3.32. The van der Waals surface area contributed by atoms with Gasteiger partial charge in [-0.25, -0.2) is 9.78 Å². The minimum absolute atomic E-state index is 0.329. The van der Waals surface area contributed by atoms with Crippen LogP contribution in [0.5, 0.6) is 0 Å². The van der Waals surface area contributed by atoms with Gasteiger partial charge < -0.3 is 4.74 Å². The summed E-state index contributed by atoms with van der Waals surface area (Å²) in [7, 11) is 0. The molecule has 1 aromatic heterocycles. The molecule has 0 radical (unpaired) electrons. The van der Waals surface area contributed by atoms with Gasteiger partial charge in [0.05, 0.1) is 16.8 Å². The van der Waals surface area contributed by atoms with Crippen LogP contribution in [0, 0.1) is 6.92 Å². The summed E-state index contributed by atoms with van der Waals surface area (Å²) < 4.78 is 6.11. The van der Waals surface area contributed by atoms with Crippen LogP contribution >= 0.6 is 11.3 Å². The van der Waals surface area contributed by atoms with E-state index in [4.69, 9.17) is 9.72 Å². The number of nitrogens with zero attached hydrogens (tertiary/aromatic N) is 1. The number of rotatable bonds is 4. The van der Waals surface area contributed by atoms with Crippen LogP contribution in [-0.2, 0) is 9.53 Å². The van der Waals surface area contributed by atoms with Crippen LogP contribution in [0.4, 0.5) is 0 Å². The maximum absolute atomic E-state index is 11.6. The summed E-state index contributed by atoms with van der Waals surface area (Å²) in [5, 5.41) is 0.966. The van der Waals surface area contributed by atoms with Crippen LogP contribution in [0.1, 0.15) is 18.1 Å². The van der Waals surface area contributed by atoms with Gasteiger partial charge in [0, 0.05) is 11.6 Å². The largest absolute Gasteiger partial charge is 0.463 e. The number of benzene rings is 2. The number of para-hydroxylation sites is 1. The molecule has 0 atom stereocenters. The molecule has 0 spiro atoms. The monoisotopic (exact) mass is 323 g/mol. The predicted octanol–water partition coefficient (Wildman–Crippen LogP) is 4.85. The Balaban J connectivity index is 2.06. The molecule has 2 aromatic carbocycles. The molecule has 1 heterocycles. The summed E-state index contributed by atoms with van der Waals surface area (Å²) in [5.41, 5.74) is 4.16. The Labute approximate surface area is 139 Å². The van der Waals surface area contributed by atoms with Crippen molar-refractivity contribution in [2.24, 2.45) is 0 Å². The Hall–Kier alpha value is -2.46. The van der Waals surface area contributed by atoms with E-state index in [0.717, 1.165) is 31.9 Å². The van der Waals surface area contributed by atoms with E-state index in [1.165, 1.54) is 6.08 Å². The highest BCUT2D eigenvalue weighted by Crippen LogP contribution is 2.34. The van der Waals surface area contributed by atoms with Gasteiger partial charge in [-0.2, -0.15) is 0 Å². The average molecular weight is 323 g/mol. The first-order valence-corrected chi connectivity index (χ1v) is 8.31. The van der Waals surface area contributed by atoms with E-state index in [1.807, 2.05) is 30.3 Å². The lowest BCUT2D eigenvalue weighted by atomic mass is 10.0. The van der Waals surface area contributed by atoms with Crippen LogP contribution in [0.3, 0.4) is 0 Å². The zero-order valence-corrected chi connectivity index (χ0v) is 13.9. The van der Waals surface area contributed by atoms with E-state index in [2.05, 4.69) is 19.1 Å². The first-order chi connectivity index (χ1) is 11.2. The number of esters is 1. The van der Waals surface area contributed by atoms with Crippen LogP contribution in [-0.4, -0.2) is 17.6 Å². The van der Waals surface area contributed by atoms with Gasteiger partial charge in [-0.1, -0.05) is 30.3 Å². The molecule has 4 heteroatoms. The molecule has 0 aliphatic carbocycles. The van der Waals surface area contributed by atoms with Gasteiger partial charge in [0.25, 0.3) is 0 Å². The van der Waals surface area contributed by atoms with Gasteiger partial charge in [-0.05, 0) is 43.2 Å². The molecule has 23 heavy (non-hydrogen) atoms. The molecule has 3 nitrogen and oxygen atoms in total. The van der Waals surface area contributed by atoms with E-state index >= 15 is 0 Å². The topological polar surface area (TPSA) is 39.2 Å². The fourth-order valence-corrected chi connectivity index (χ4v) is 3.55. The summed E-state index contributed by atoms with van der Waals surface area (Å²) >= 11 is 1.66. The minimum Gasteiger partial charge on any atom is -0.463 e. The Morgan fingerprint density at radius 1 is 1.22 bits per heavy atom. The number of fused-ring (bicyclic) bond motifs is 1. The minimum atomic E-state index is -0.329. The summed E-state index contributed by atoms with van der Waals surface area (Å²) in [6.07, 6.45) is 3.27. The quantitative estimate of drug-likeness (QED) is 0.509. The molecule has 0 bridgehead atoms. The Bertz CT molecular complexity index is 847. The Morgan fingerprint density at radius 3 is 2.83 bits per heavy atom. The van der Waals surface area contributed by atoms with Crippen LogP contribution in [0.25, 0.3) is 26.9 Å². The lowest BCUT2D eigenvalue weighted by Crippen LogP contribution is -1.98. The van der Waals surface area contributed by atoms with Gasteiger partial charge in [0.15, 0.2) is 0 Å². The lowest BCUT2D eigenvalue weighted by molar-refractivity contribution is -0.137. The standard InChI is InChI=1S/C19H17NO2S/c1-3-22-17(21)12-11-14-8-6-7-13(2)18(14)19-20-15-9-4-5-10-16(15)23-19/h4-12H,3H2,1-2H3/b12-11+. The van der Waals surface area contributed by atoms with Gasteiger partial charge in [0.1, 0.15) is 5.01 Å². The second kappa shape index (κ2) is 6.75. The van der Waals surface area contributed by atoms with E-state index < -0.39 is 0 Å². The van der Waals surface area contributed by atoms with E-state index in [-0.39, 0.29) is 5.97 Å². The van der Waals surface area contributed by atoms with Gasteiger partial charge >= 0.3 is 5.97 Å². The zero-order valence-electron chi connectivity index (χ0n) is 13.1. The summed E-state index contributed by atoms with van der Waals surface area (Å²) in [6, 6.07) is 14.1. The number of thiazole rings is 1. The molecule has 0 saturated heterocycles. The second-order valence-electron chi connectivity index (χ2n) is 5.11. The van der Waals surface area contributed by atoms with Crippen LogP contribution in [0.2, 0.25) is 0 Å². The smallest absolute Gasteiger partial charge is 0.330 e. The molecule has 0 aliphatic rings. The zero-order chi connectivity index (χ0) is 16.2. The fraction of sp³-hybridized carbons (Fsp3) is 0.158. The Morgan fingerprint density at radius 2 is 2.04 bits per heavy atom. The number of carbonyl (C=O) groups is 1. The molecular formula is C19H17NO2S. The van der Waals surface area contributed by atoms with E-state index in [0.29, 0.717) is 6.61 Å². The van der Waals surface area contributed by atoms with E-state index in [1.54, 1.807) is 24.3 Å². The molecule has 116 valence electrons. The second-order valence-corrected chi connectivity index (χ2v) is 6.14. The highest BCUT2D eigenvalue weighted by molar-refractivity contribution is 7.21. The van der Waals surface area contributed by atoms with Crippen molar-refractivity contribution >= 4 is 33.6 Å². The first-order valence-electron chi connectivity index (χ1n) is 7.49. The van der Waals surface area contributed by atoms with Crippen molar-refractivity contribution < 1.29 is 9.53 Å². The molecule has 0 unspecified atom stereocenters. The van der Waals surface area contributed by atoms with Crippen molar-refractivity contribution in [2.75, 3.05) is 6.61 Å². The van der Waals surface area contributed by atoms with Crippen molar-refractivity contribution in [1.29, 1.82) is 0 Å². The maximum atomic E-state index is 11.6. The molecular weight excluding hydrogens is 306 g/mol. The highest BCUT2D eigenvalue weighted by atomic mass is 32.1. The average Bonchev–Trinajstić information content (AvgIpc) is 2.96. The third-order valence-electron chi connectivity index (χ3n) is 3.50. The number of hydrogen-bond acceptors (Lipinski definition) is 4. The summed E-state index contributed by atoms with van der Waals surface area (Å²) in [5.74, 6) is -0.329. The van der Waals surface area contributed by atoms with Crippen LogP contribution in [0.15, 0.2) is 48.5 Å². The third-order valence-corrected chi connectivity index (χ3v) is 4.55. The van der Waals surface area contributed by atoms with Crippen LogP contribution < -0.4 is 0 Å². The number of aryl methyl sites for hydroxylation is 1. The lowest BCUT2D eigenvalue weighted by Gasteiger charge is -2.06. The predicted molar refractivity (Wildman–Crippen MR) is 95.5 cm³/mol. The fourth-order valence-electron chi connectivity index (χ4n) is 2.45. The van der Waals surface area contributed by atoms with E-state index in [9.17, 15) is 4.79 Å². The molecule has 3 rings (SSSR count). The summed E-state index contributed by atoms with van der Waals surface area (Å²) in [6.45, 7) is 4.23. The molecule has 3 aromatic rings. The molecule has 0 amide bonds. The first kappa shape index (κ1) is 15.4. The van der Waals surface area contributed by atoms with Crippen molar-refractivity contribution in [3.05, 3.63) is 59.7 Å². The highest BCUT2D eigenvalue weighted by Gasteiger charge is 2.12.